The third kappa shape index (κ3) is 5.11. The van der Waals surface area contributed by atoms with Gasteiger partial charge in [-0.05, 0) is 25.7 Å². The van der Waals surface area contributed by atoms with E-state index in [1.165, 1.54) is 27.8 Å². The summed E-state index contributed by atoms with van der Waals surface area (Å²) < 4.78 is 2.49. The number of hydrogen-bond donors (Lipinski definition) is 4. The number of aliphatic imine (C=N–C) groups is 1. The van der Waals surface area contributed by atoms with Crippen molar-refractivity contribution in [3.8, 4) is 0 Å². The molecule has 2 aliphatic carbocycles. The van der Waals surface area contributed by atoms with Crippen LogP contribution in [0.15, 0.2) is 27.6 Å². The molecule has 32 heavy (non-hydrogen) atoms. The summed E-state index contributed by atoms with van der Waals surface area (Å²) in [5, 5.41) is 10.5. The number of imidazole rings is 2. The Morgan fingerprint density at radius 2 is 1.91 bits per heavy atom. The Bertz CT molecular complexity index is 1260. The van der Waals surface area contributed by atoms with E-state index in [-0.39, 0.29) is 34.6 Å². The number of carbonyl (C=O) groups is 2. The first-order valence-corrected chi connectivity index (χ1v) is 9.27. The lowest BCUT2D eigenvalue weighted by molar-refractivity contribution is 0.0988. The van der Waals surface area contributed by atoms with Crippen molar-refractivity contribution in [1.29, 1.82) is 5.53 Å². The number of H-pyrrole nitrogens is 1. The molecular formula is C16H18N12O4. The van der Waals surface area contributed by atoms with Crippen molar-refractivity contribution < 1.29 is 14.4 Å². The Kier molecular flexibility index (Phi) is 6.55. The van der Waals surface area contributed by atoms with E-state index in [9.17, 15) is 19.2 Å². The maximum Gasteiger partial charge on any atom is 0.353 e. The van der Waals surface area contributed by atoms with Gasteiger partial charge in [0.25, 0.3) is 11.8 Å². The number of nitrogens with zero attached hydrogens (tertiary/aromatic N) is 8. The number of aromatic amines is 1. The van der Waals surface area contributed by atoms with Gasteiger partial charge in [0, 0.05) is 0 Å². The molecule has 16 nitrogen and oxygen atoms in total. The first-order chi connectivity index (χ1) is 15.4. The van der Waals surface area contributed by atoms with Crippen LogP contribution in [0.3, 0.4) is 0 Å². The molecule has 3 heterocycles. The maximum absolute atomic E-state index is 11.9. The van der Waals surface area contributed by atoms with E-state index in [4.69, 9.17) is 17.0 Å². The van der Waals surface area contributed by atoms with Crippen LogP contribution in [0.2, 0.25) is 0 Å². The molecule has 0 bridgehead atoms. The predicted octanol–water partition coefficient (Wildman–Crippen LogP) is -0.625. The summed E-state index contributed by atoms with van der Waals surface area (Å²) >= 11 is 0. The second kappa shape index (κ2) is 9.48. The van der Waals surface area contributed by atoms with Gasteiger partial charge in [-0.15, -0.1) is 10.2 Å². The predicted molar refractivity (Wildman–Crippen MR) is 105 cm³/mol. The van der Waals surface area contributed by atoms with Crippen molar-refractivity contribution >= 4 is 29.4 Å². The van der Waals surface area contributed by atoms with Crippen molar-refractivity contribution in [2.45, 2.75) is 37.8 Å². The number of isocyanates is 1. The largest absolute Gasteiger partial charge is 0.364 e. The van der Waals surface area contributed by atoms with Crippen LogP contribution in [0, 0.1) is 5.53 Å². The lowest BCUT2D eigenvalue weighted by atomic mass is 10.4. The third-order valence-electron chi connectivity index (χ3n) is 4.26. The van der Waals surface area contributed by atoms with E-state index in [1.54, 1.807) is 0 Å². The van der Waals surface area contributed by atoms with Crippen LogP contribution in [0.4, 0.5) is 5.82 Å². The molecule has 0 spiro atoms. The van der Waals surface area contributed by atoms with Gasteiger partial charge in [0.05, 0.1) is 18.4 Å². The Balaban J connectivity index is 0.000000154. The zero-order valence-electron chi connectivity index (χ0n) is 16.5. The average Bonchev–Trinajstić information content (AvgIpc) is 3.67. The van der Waals surface area contributed by atoms with E-state index < -0.39 is 11.8 Å². The Labute approximate surface area is 178 Å². The number of hydrogen-bond acceptors (Lipinski definition) is 11. The van der Waals surface area contributed by atoms with Crippen LogP contribution in [0.25, 0.3) is 5.65 Å². The first kappa shape index (κ1) is 22.1. The summed E-state index contributed by atoms with van der Waals surface area (Å²) in [7, 11) is 0. The quantitative estimate of drug-likeness (QED) is 0.224. The van der Waals surface area contributed by atoms with Crippen LogP contribution >= 0.6 is 0 Å². The Hall–Kier alpha value is -4.59. The van der Waals surface area contributed by atoms with Gasteiger partial charge >= 0.3 is 5.69 Å². The minimum Gasteiger partial charge on any atom is -0.364 e. The molecule has 0 aliphatic heterocycles. The van der Waals surface area contributed by atoms with E-state index in [1.807, 2.05) is 0 Å². The molecule has 0 aromatic carbocycles. The highest BCUT2D eigenvalue weighted by atomic mass is 16.2. The number of carbonyl (C=O) groups excluding carboxylic acids is 3. The molecule has 2 fully saturated rings. The smallest absolute Gasteiger partial charge is 0.353 e. The standard InChI is InChI=1S/C8H8N6O2.C4H5N5O.C4H5NO/c9-6(15)5-7-11-12-14(4-1-2-4)8(16)13(7)3-10-5;5-3(10)2-4(9-6)8-1-7-2;6-3-5-4-1-2-4/h3-4H,1-2H2,(H2,9,15);1,6H,(H2,5,10)(H,7,8);4H,1-2H2. The highest BCUT2D eigenvalue weighted by Crippen LogP contribution is 2.32. The number of fused-ring (bicyclic) bond motifs is 1. The van der Waals surface area contributed by atoms with Crippen LogP contribution in [-0.2, 0) is 4.79 Å². The molecule has 2 aliphatic rings. The van der Waals surface area contributed by atoms with Gasteiger partial charge in [0.2, 0.25) is 11.9 Å². The fraction of sp³-hybridized carbons (Fsp3) is 0.375. The fourth-order valence-electron chi connectivity index (χ4n) is 2.37. The van der Waals surface area contributed by atoms with E-state index in [0.717, 1.165) is 25.7 Å². The second-order valence-corrected chi connectivity index (χ2v) is 6.73. The molecular weight excluding hydrogens is 424 g/mol. The number of aromatic nitrogens is 7. The number of amides is 2. The molecule has 0 unspecified atom stereocenters. The average molecular weight is 442 g/mol. The number of nitrogens with two attached hydrogens (primary N) is 2. The van der Waals surface area contributed by atoms with Gasteiger partial charge in [0.15, 0.2) is 17.0 Å². The van der Waals surface area contributed by atoms with E-state index in [2.05, 4.69) is 35.4 Å². The molecule has 2 saturated carbocycles. The minimum absolute atomic E-state index is 0.0208. The van der Waals surface area contributed by atoms with Gasteiger partial charge in [-0.1, -0.05) is 5.21 Å². The Morgan fingerprint density at radius 3 is 2.38 bits per heavy atom. The van der Waals surface area contributed by atoms with E-state index in [0.29, 0.717) is 6.04 Å². The minimum atomic E-state index is -0.722. The highest BCUT2D eigenvalue weighted by molar-refractivity contribution is 5.96. The molecule has 5 rings (SSSR count). The lowest BCUT2D eigenvalue weighted by Crippen LogP contribution is -2.29. The van der Waals surface area contributed by atoms with Crippen LogP contribution in [0.1, 0.15) is 52.7 Å². The summed E-state index contributed by atoms with van der Waals surface area (Å²) in [5.74, 6) is -1.36. The van der Waals surface area contributed by atoms with Crippen LogP contribution < -0.4 is 17.2 Å². The van der Waals surface area contributed by atoms with Crippen molar-refractivity contribution in [2.75, 3.05) is 0 Å². The fourth-order valence-corrected chi connectivity index (χ4v) is 2.37. The number of rotatable bonds is 5. The molecule has 0 atom stereocenters. The zero-order valence-corrected chi connectivity index (χ0v) is 16.5. The van der Waals surface area contributed by atoms with Crippen molar-refractivity contribution in [3.63, 3.8) is 0 Å². The molecule has 6 N–H and O–H groups in total. The van der Waals surface area contributed by atoms with E-state index >= 15 is 0 Å². The molecule has 166 valence electrons. The second-order valence-electron chi connectivity index (χ2n) is 6.73. The first-order valence-electron chi connectivity index (χ1n) is 9.27. The highest BCUT2D eigenvalue weighted by Gasteiger charge is 2.27. The topological polar surface area (TPSA) is 246 Å². The van der Waals surface area contributed by atoms with Crippen molar-refractivity contribution in [1.82, 2.24) is 34.3 Å². The molecule has 2 amide bonds. The molecule has 3 aromatic heterocycles. The molecule has 3 aromatic rings. The molecule has 0 saturated heterocycles. The summed E-state index contributed by atoms with van der Waals surface area (Å²) in [6.07, 6.45) is 8.04. The van der Waals surface area contributed by atoms with Crippen molar-refractivity contribution in [2.24, 2.45) is 21.6 Å². The monoisotopic (exact) mass is 442 g/mol. The normalized spacial score (nSPS) is 14.2. The molecule has 0 radical (unpaired) electrons. The lowest BCUT2D eigenvalue weighted by Gasteiger charge is -2.00. The van der Waals surface area contributed by atoms with Gasteiger partial charge in [0.1, 0.15) is 6.33 Å². The van der Waals surface area contributed by atoms with Gasteiger partial charge in [-0.2, -0.15) is 4.68 Å². The zero-order chi connectivity index (χ0) is 23.3. The van der Waals surface area contributed by atoms with Gasteiger partial charge < -0.3 is 16.5 Å². The van der Waals surface area contributed by atoms with Crippen LogP contribution in [0.5, 0.6) is 0 Å². The number of nitrogens with one attached hydrogen (secondary N) is 2. The third-order valence-corrected chi connectivity index (χ3v) is 4.26. The van der Waals surface area contributed by atoms with Gasteiger partial charge in [-0.3, -0.25) is 9.59 Å². The Morgan fingerprint density at radius 1 is 1.19 bits per heavy atom. The van der Waals surface area contributed by atoms with Crippen molar-refractivity contribution in [3.05, 3.63) is 34.5 Å². The SMILES string of the molecule is N=Nc1nc[nH]c1C(N)=O.NC(=O)c1ncn2c(=O)n(C3CC3)nnc12.O=C=NC1CC1. The summed E-state index contributed by atoms with van der Waals surface area (Å²) in [5.41, 5.74) is 16.3. The molecule has 16 heteroatoms. The summed E-state index contributed by atoms with van der Waals surface area (Å²) in [6.45, 7) is 0. The maximum atomic E-state index is 11.9. The van der Waals surface area contributed by atoms with Gasteiger partial charge in [-0.25, -0.2) is 34.5 Å². The number of primary amides is 2. The van der Waals surface area contributed by atoms with Crippen LogP contribution in [-0.4, -0.2) is 58.3 Å². The summed E-state index contributed by atoms with van der Waals surface area (Å²) in [6, 6.07) is 0.478. The summed E-state index contributed by atoms with van der Waals surface area (Å²) in [4.78, 5) is 55.9.